The van der Waals surface area contributed by atoms with Crippen molar-refractivity contribution < 1.29 is 28.6 Å². The van der Waals surface area contributed by atoms with E-state index in [1.165, 1.54) is 13.4 Å². The van der Waals surface area contributed by atoms with E-state index < -0.39 is 18.0 Å². The van der Waals surface area contributed by atoms with E-state index in [1.54, 1.807) is 18.2 Å². The number of ether oxygens (including phenoxy) is 2. The summed E-state index contributed by atoms with van der Waals surface area (Å²) < 4.78 is 15.5. The Bertz CT molecular complexity index is 652. The number of rotatable bonds is 8. The van der Waals surface area contributed by atoms with Gasteiger partial charge in [-0.2, -0.15) is 0 Å². The number of nitrogens with one attached hydrogen (secondary N) is 1. The molecular weight excluding hydrogens is 302 g/mol. The zero-order chi connectivity index (χ0) is 16.7. The molecule has 2 N–H and O–H groups in total. The van der Waals surface area contributed by atoms with Gasteiger partial charge in [-0.05, 0) is 18.2 Å². The minimum absolute atomic E-state index is 0.0844. The molecule has 1 unspecified atom stereocenters. The summed E-state index contributed by atoms with van der Waals surface area (Å²) in [6.45, 7) is 0.000251. The number of carbonyl (C=O) groups is 2. The van der Waals surface area contributed by atoms with Crippen molar-refractivity contribution in [3.8, 4) is 5.75 Å². The summed E-state index contributed by atoms with van der Waals surface area (Å²) in [5.41, 5.74) is 0.565. The van der Waals surface area contributed by atoms with Crippen molar-refractivity contribution in [1.29, 1.82) is 0 Å². The van der Waals surface area contributed by atoms with Crippen LogP contribution in [0.1, 0.15) is 16.1 Å². The van der Waals surface area contributed by atoms with Crippen molar-refractivity contribution in [1.82, 2.24) is 5.32 Å². The molecule has 2 rings (SSSR count). The number of para-hydroxylation sites is 1. The van der Waals surface area contributed by atoms with Crippen LogP contribution in [0.5, 0.6) is 5.75 Å². The van der Waals surface area contributed by atoms with E-state index in [2.05, 4.69) is 5.32 Å². The number of benzene rings is 1. The second-order valence-electron chi connectivity index (χ2n) is 4.65. The van der Waals surface area contributed by atoms with Crippen LogP contribution in [0.4, 0.5) is 0 Å². The van der Waals surface area contributed by atoms with Crippen molar-refractivity contribution in [2.75, 3.05) is 13.7 Å². The maximum absolute atomic E-state index is 12.1. The molecule has 0 bridgehead atoms. The van der Waals surface area contributed by atoms with Gasteiger partial charge in [-0.1, -0.05) is 18.2 Å². The number of carboxylic acids is 1. The highest BCUT2D eigenvalue weighted by Crippen LogP contribution is 2.15. The molecule has 0 aliphatic carbocycles. The minimum Gasteiger partial charge on any atom is -0.489 e. The fourth-order valence-electron chi connectivity index (χ4n) is 1.86. The van der Waals surface area contributed by atoms with E-state index >= 15 is 0 Å². The summed E-state index contributed by atoms with van der Waals surface area (Å²) in [7, 11) is 1.26. The number of methoxy groups -OCH3 is 1. The first kappa shape index (κ1) is 16.6. The fourth-order valence-corrected chi connectivity index (χ4v) is 1.86. The Labute approximate surface area is 132 Å². The van der Waals surface area contributed by atoms with Gasteiger partial charge >= 0.3 is 5.97 Å². The summed E-state index contributed by atoms with van der Waals surface area (Å²) in [4.78, 5) is 22.9. The van der Waals surface area contributed by atoms with Gasteiger partial charge in [0, 0.05) is 12.7 Å². The fraction of sp³-hybridized carbons (Fsp3) is 0.250. The Balaban J connectivity index is 1.94. The Kier molecular flexibility index (Phi) is 5.76. The summed E-state index contributed by atoms with van der Waals surface area (Å²) in [6.07, 6.45) is 0.266. The first-order chi connectivity index (χ1) is 11.1. The van der Waals surface area contributed by atoms with Crippen LogP contribution in [0.15, 0.2) is 47.1 Å². The lowest BCUT2D eigenvalue weighted by molar-refractivity contribution is -0.148. The topological polar surface area (TPSA) is 98.0 Å². The van der Waals surface area contributed by atoms with Gasteiger partial charge in [0.05, 0.1) is 12.8 Å². The molecule has 1 aromatic carbocycles. The SMILES string of the molecule is COC(CNC(=O)c1occc1COc1ccccc1)C(=O)O. The third-order valence-electron chi connectivity index (χ3n) is 3.10. The third kappa shape index (κ3) is 4.58. The van der Waals surface area contributed by atoms with E-state index in [-0.39, 0.29) is 18.9 Å². The molecule has 0 radical (unpaired) electrons. The smallest absolute Gasteiger partial charge is 0.334 e. The Morgan fingerprint density at radius 2 is 2.00 bits per heavy atom. The monoisotopic (exact) mass is 319 g/mol. The molecule has 0 saturated carbocycles. The molecule has 1 aromatic heterocycles. The van der Waals surface area contributed by atoms with Crippen molar-refractivity contribution in [2.24, 2.45) is 0 Å². The summed E-state index contributed by atoms with van der Waals surface area (Å²) in [5, 5.41) is 11.3. The van der Waals surface area contributed by atoms with Gasteiger partial charge in [-0.3, -0.25) is 4.79 Å². The van der Waals surface area contributed by atoms with Crippen molar-refractivity contribution in [2.45, 2.75) is 12.7 Å². The predicted octanol–water partition coefficient (Wildman–Crippen LogP) is 1.69. The maximum atomic E-state index is 12.1. The van der Waals surface area contributed by atoms with Crippen LogP contribution < -0.4 is 10.1 Å². The molecule has 0 spiro atoms. The summed E-state index contributed by atoms with van der Waals surface area (Å²) >= 11 is 0. The molecule has 0 aliphatic rings. The number of amides is 1. The van der Waals surface area contributed by atoms with Gasteiger partial charge in [-0.25, -0.2) is 4.79 Å². The van der Waals surface area contributed by atoms with Crippen molar-refractivity contribution in [3.05, 3.63) is 54.0 Å². The third-order valence-corrected chi connectivity index (χ3v) is 3.10. The molecule has 0 fully saturated rings. The maximum Gasteiger partial charge on any atom is 0.334 e. The first-order valence-corrected chi connectivity index (χ1v) is 6.90. The molecule has 0 saturated heterocycles. The zero-order valence-corrected chi connectivity index (χ0v) is 12.5. The predicted molar refractivity (Wildman–Crippen MR) is 80.2 cm³/mol. The zero-order valence-electron chi connectivity index (χ0n) is 12.5. The number of hydrogen-bond acceptors (Lipinski definition) is 5. The van der Waals surface area contributed by atoms with E-state index in [4.69, 9.17) is 19.0 Å². The molecule has 2 aromatic rings. The largest absolute Gasteiger partial charge is 0.489 e. The quantitative estimate of drug-likeness (QED) is 0.768. The minimum atomic E-state index is -1.15. The van der Waals surface area contributed by atoms with E-state index in [9.17, 15) is 9.59 Å². The molecule has 1 amide bonds. The van der Waals surface area contributed by atoms with Crippen LogP contribution in [0.2, 0.25) is 0 Å². The number of carboxylic acid groups (broad SMARTS) is 1. The normalized spacial score (nSPS) is 11.7. The summed E-state index contributed by atoms with van der Waals surface area (Å²) in [5.74, 6) is -0.920. The lowest BCUT2D eigenvalue weighted by Gasteiger charge is -2.11. The second kappa shape index (κ2) is 8.00. The Hall–Kier alpha value is -2.80. The van der Waals surface area contributed by atoms with Crippen LogP contribution >= 0.6 is 0 Å². The van der Waals surface area contributed by atoms with Crippen LogP contribution in [0.25, 0.3) is 0 Å². The van der Waals surface area contributed by atoms with Crippen LogP contribution in [0, 0.1) is 0 Å². The van der Waals surface area contributed by atoms with Crippen LogP contribution in [0.3, 0.4) is 0 Å². The van der Waals surface area contributed by atoms with Crippen molar-refractivity contribution in [3.63, 3.8) is 0 Å². The second-order valence-corrected chi connectivity index (χ2v) is 4.65. The van der Waals surface area contributed by atoms with Crippen molar-refractivity contribution >= 4 is 11.9 Å². The van der Waals surface area contributed by atoms with Gasteiger partial charge in [0.1, 0.15) is 12.4 Å². The highest BCUT2D eigenvalue weighted by Gasteiger charge is 2.20. The molecule has 1 atom stereocenters. The highest BCUT2D eigenvalue weighted by molar-refractivity contribution is 5.93. The molecule has 7 nitrogen and oxygen atoms in total. The molecule has 1 heterocycles. The van der Waals surface area contributed by atoms with Crippen LogP contribution in [-0.2, 0) is 16.1 Å². The van der Waals surface area contributed by atoms with E-state index in [0.717, 1.165) is 0 Å². The lowest BCUT2D eigenvalue weighted by atomic mass is 10.2. The Morgan fingerprint density at radius 1 is 1.26 bits per heavy atom. The molecule has 23 heavy (non-hydrogen) atoms. The van der Waals surface area contributed by atoms with Gasteiger partial charge in [0.25, 0.3) is 5.91 Å². The summed E-state index contributed by atoms with van der Waals surface area (Å²) in [6, 6.07) is 10.8. The van der Waals surface area contributed by atoms with Gasteiger partial charge < -0.3 is 24.3 Å². The number of carbonyl (C=O) groups excluding carboxylic acids is 1. The average molecular weight is 319 g/mol. The lowest BCUT2D eigenvalue weighted by Crippen LogP contribution is -2.38. The molecular formula is C16H17NO6. The average Bonchev–Trinajstić information content (AvgIpc) is 3.02. The molecule has 0 aliphatic heterocycles. The first-order valence-electron chi connectivity index (χ1n) is 6.90. The van der Waals surface area contributed by atoms with E-state index in [0.29, 0.717) is 11.3 Å². The number of furan rings is 1. The Morgan fingerprint density at radius 3 is 2.65 bits per heavy atom. The molecule has 122 valence electrons. The number of hydrogen-bond donors (Lipinski definition) is 2. The van der Waals surface area contributed by atoms with E-state index in [1.807, 2.05) is 18.2 Å². The van der Waals surface area contributed by atoms with Gasteiger partial charge in [0.15, 0.2) is 11.9 Å². The van der Waals surface area contributed by atoms with Gasteiger partial charge in [-0.15, -0.1) is 0 Å². The number of aliphatic carboxylic acids is 1. The highest BCUT2D eigenvalue weighted by atomic mass is 16.5. The molecule has 7 heteroatoms. The van der Waals surface area contributed by atoms with Crippen LogP contribution in [-0.4, -0.2) is 36.7 Å². The standard InChI is InChI=1S/C16H17NO6/c1-21-13(16(19)20)9-17-15(18)14-11(7-8-22-14)10-23-12-5-3-2-4-6-12/h2-8,13H,9-10H2,1H3,(H,17,18)(H,19,20). The van der Waals surface area contributed by atoms with Gasteiger partial charge in [0.2, 0.25) is 0 Å².